The number of aliphatic carboxylic acids is 1. The molecular formula is C16H24O11. The van der Waals surface area contributed by atoms with Gasteiger partial charge in [-0.25, -0.2) is 4.79 Å². The fourth-order valence-electron chi connectivity index (χ4n) is 4.06. The van der Waals surface area contributed by atoms with E-state index in [1.807, 2.05) is 0 Å². The topological polar surface area (TPSA) is 186 Å². The van der Waals surface area contributed by atoms with Crippen LogP contribution >= 0.6 is 0 Å². The third-order valence-electron chi connectivity index (χ3n) is 5.60. The molecule has 11 nitrogen and oxygen atoms in total. The highest BCUT2D eigenvalue weighted by Crippen LogP contribution is 2.52. The summed E-state index contributed by atoms with van der Waals surface area (Å²) in [5.41, 5.74) is -3.92. The van der Waals surface area contributed by atoms with Crippen LogP contribution in [0.25, 0.3) is 0 Å². The van der Waals surface area contributed by atoms with E-state index in [1.54, 1.807) is 0 Å². The first kappa shape index (κ1) is 20.4. The molecule has 0 aromatic heterocycles. The van der Waals surface area contributed by atoms with Crippen LogP contribution in [-0.4, -0.2) is 96.5 Å². The number of carboxylic acids is 1. The summed E-state index contributed by atoms with van der Waals surface area (Å²) in [5.74, 6) is -2.64. The van der Waals surface area contributed by atoms with Crippen molar-refractivity contribution >= 4 is 5.97 Å². The van der Waals surface area contributed by atoms with Gasteiger partial charge in [-0.2, -0.15) is 0 Å². The molecule has 2 aliphatic heterocycles. The summed E-state index contributed by atoms with van der Waals surface area (Å²) in [7, 11) is 0. The molecule has 7 N–H and O–H groups in total. The van der Waals surface area contributed by atoms with Gasteiger partial charge in [-0.05, 0) is 19.8 Å². The zero-order valence-corrected chi connectivity index (χ0v) is 14.5. The van der Waals surface area contributed by atoms with Crippen LogP contribution in [0, 0.1) is 5.92 Å². The molecule has 2 heterocycles. The maximum atomic E-state index is 11.4. The highest BCUT2D eigenvalue weighted by atomic mass is 16.8. The molecule has 11 heteroatoms. The van der Waals surface area contributed by atoms with E-state index in [2.05, 4.69) is 0 Å². The van der Waals surface area contributed by atoms with Crippen LogP contribution in [0.1, 0.15) is 19.8 Å². The summed E-state index contributed by atoms with van der Waals surface area (Å²) < 4.78 is 16.0. The maximum absolute atomic E-state index is 11.4. The predicted octanol–water partition coefficient (Wildman–Crippen LogP) is -2.98. The molecule has 0 aromatic carbocycles. The molecule has 2 fully saturated rings. The van der Waals surface area contributed by atoms with E-state index in [-0.39, 0.29) is 12.8 Å². The van der Waals surface area contributed by atoms with Crippen LogP contribution in [0.4, 0.5) is 0 Å². The first-order valence-corrected chi connectivity index (χ1v) is 8.53. The van der Waals surface area contributed by atoms with Gasteiger partial charge >= 0.3 is 5.97 Å². The molecule has 3 rings (SSSR count). The van der Waals surface area contributed by atoms with Gasteiger partial charge in [0.2, 0.25) is 6.29 Å². The van der Waals surface area contributed by atoms with Gasteiger partial charge in [-0.1, -0.05) is 0 Å². The molecule has 9 atom stereocenters. The van der Waals surface area contributed by atoms with Crippen molar-refractivity contribution in [2.45, 2.75) is 68.0 Å². The number of rotatable bonds is 4. The van der Waals surface area contributed by atoms with Crippen LogP contribution in [0.2, 0.25) is 0 Å². The van der Waals surface area contributed by atoms with Gasteiger partial charge in [0.15, 0.2) is 6.29 Å². The molecule has 0 aromatic rings. The lowest BCUT2D eigenvalue weighted by Gasteiger charge is -2.46. The number of carboxylic acid groups (broad SMARTS) is 1. The van der Waals surface area contributed by atoms with Crippen molar-refractivity contribution in [1.29, 1.82) is 0 Å². The Labute approximate surface area is 154 Å². The van der Waals surface area contributed by atoms with Gasteiger partial charge in [0.25, 0.3) is 0 Å². The average Bonchev–Trinajstić information content (AvgIpc) is 2.85. The SMILES string of the molecule is C[C@]1(O)CC[C@]2(O)C(C(=O)O)=CO[C@@H](O[C@@H]3O[C@H](CO)[C@@H](O)[C@H](O)[C@H]3O)[C@H]12. The molecule has 0 spiro atoms. The molecule has 1 aliphatic carbocycles. The van der Waals surface area contributed by atoms with Crippen LogP contribution < -0.4 is 0 Å². The van der Waals surface area contributed by atoms with Gasteiger partial charge in [0.05, 0.1) is 24.4 Å². The van der Waals surface area contributed by atoms with Crippen molar-refractivity contribution < 1.29 is 54.8 Å². The van der Waals surface area contributed by atoms with Crippen molar-refractivity contribution in [2.24, 2.45) is 5.92 Å². The lowest BCUT2D eigenvalue weighted by atomic mass is 9.77. The van der Waals surface area contributed by atoms with Crippen LogP contribution in [0.5, 0.6) is 0 Å². The standard InChI is InChI=1S/C16H24O11/c1-15(23)2-3-16(24)6(12(21)22)5-25-14(11(15)16)27-13-10(20)9(19)8(18)7(4-17)26-13/h5,7-11,13-14,17-20,23-24H,2-4H2,1H3,(H,21,22)/t7-,8-,9+,10-,11-,13+,14+,15+,16+/m1/s1. The highest BCUT2D eigenvalue weighted by molar-refractivity contribution is 5.89. The van der Waals surface area contributed by atoms with Crippen molar-refractivity contribution in [3.05, 3.63) is 11.8 Å². The van der Waals surface area contributed by atoms with E-state index in [0.29, 0.717) is 0 Å². The molecule has 0 radical (unpaired) electrons. The quantitative estimate of drug-likeness (QED) is 0.259. The smallest absolute Gasteiger partial charge is 0.337 e. The van der Waals surface area contributed by atoms with Crippen LogP contribution in [0.3, 0.4) is 0 Å². The lowest BCUT2D eigenvalue weighted by molar-refractivity contribution is -0.351. The number of carbonyl (C=O) groups is 1. The molecule has 0 unspecified atom stereocenters. The normalized spacial score (nSPS) is 49.9. The van der Waals surface area contributed by atoms with E-state index >= 15 is 0 Å². The maximum Gasteiger partial charge on any atom is 0.337 e. The molecule has 27 heavy (non-hydrogen) atoms. The zero-order chi connectivity index (χ0) is 20.1. The number of hydrogen-bond donors (Lipinski definition) is 7. The molecule has 0 amide bonds. The summed E-state index contributed by atoms with van der Waals surface area (Å²) in [6.45, 7) is 0.734. The van der Waals surface area contributed by atoms with Gasteiger partial charge in [-0.15, -0.1) is 0 Å². The Bertz CT molecular complexity index is 617. The Morgan fingerprint density at radius 1 is 1.19 bits per heavy atom. The Morgan fingerprint density at radius 2 is 1.85 bits per heavy atom. The fourth-order valence-corrected chi connectivity index (χ4v) is 4.06. The van der Waals surface area contributed by atoms with Gasteiger partial charge in [0, 0.05) is 0 Å². The minimum atomic E-state index is -1.94. The number of aliphatic hydroxyl groups is 6. The Morgan fingerprint density at radius 3 is 2.44 bits per heavy atom. The van der Waals surface area contributed by atoms with E-state index in [1.165, 1.54) is 6.92 Å². The molecule has 1 saturated carbocycles. The Kier molecular flexibility index (Phi) is 5.25. The van der Waals surface area contributed by atoms with Crippen molar-refractivity contribution in [2.75, 3.05) is 6.61 Å². The number of fused-ring (bicyclic) bond motifs is 1. The summed E-state index contributed by atoms with van der Waals surface area (Å²) in [4.78, 5) is 11.4. The van der Waals surface area contributed by atoms with Gasteiger partial charge in [0.1, 0.15) is 35.6 Å². The van der Waals surface area contributed by atoms with E-state index in [9.17, 15) is 40.5 Å². The van der Waals surface area contributed by atoms with E-state index in [4.69, 9.17) is 14.2 Å². The van der Waals surface area contributed by atoms with Crippen LogP contribution in [-0.2, 0) is 19.0 Å². The third kappa shape index (κ3) is 3.23. The largest absolute Gasteiger partial charge is 0.478 e. The summed E-state index contributed by atoms with van der Waals surface area (Å²) >= 11 is 0. The number of aliphatic hydroxyl groups excluding tert-OH is 4. The first-order valence-electron chi connectivity index (χ1n) is 8.53. The van der Waals surface area contributed by atoms with Gasteiger partial charge < -0.3 is 50.0 Å². The monoisotopic (exact) mass is 392 g/mol. The molecule has 3 aliphatic rings. The average molecular weight is 392 g/mol. The second-order valence-electron chi connectivity index (χ2n) is 7.43. The van der Waals surface area contributed by atoms with Crippen molar-refractivity contribution in [3.8, 4) is 0 Å². The molecule has 0 bridgehead atoms. The number of hydrogen-bond acceptors (Lipinski definition) is 10. The Hall–Kier alpha value is -1.31. The molecule has 1 saturated heterocycles. The first-order chi connectivity index (χ1) is 12.5. The molecular weight excluding hydrogens is 368 g/mol. The second kappa shape index (κ2) is 6.94. The van der Waals surface area contributed by atoms with Crippen molar-refractivity contribution in [1.82, 2.24) is 0 Å². The summed E-state index contributed by atoms with van der Waals surface area (Å²) in [6.07, 6.45) is -8.35. The van der Waals surface area contributed by atoms with Crippen molar-refractivity contribution in [3.63, 3.8) is 0 Å². The lowest BCUT2D eigenvalue weighted by Crippen LogP contribution is -2.62. The molecule has 154 valence electrons. The highest BCUT2D eigenvalue weighted by Gasteiger charge is 2.63. The third-order valence-corrected chi connectivity index (χ3v) is 5.60. The summed E-state index contributed by atoms with van der Waals surface area (Å²) in [6, 6.07) is 0. The second-order valence-corrected chi connectivity index (χ2v) is 7.43. The summed E-state index contributed by atoms with van der Waals surface area (Å²) in [5, 5.41) is 69.9. The fraction of sp³-hybridized carbons (Fsp3) is 0.812. The Balaban J connectivity index is 1.87. The minimum Gasteiger partial charge on any atom is -0.478 e. The van der Waals surface area contributed by atoms with Crippen LogP contribution in [0.15, 0.2) is 11.8 Å². The van der Waals surface area contributed by atoms with E-state index < -0.39 is 72.3 Å². The number of ether oxygens (including phenoxy) is 3. The predicted molar refractivity (Wildman–Crippen MR) is 83.7 cm³/mol. The minimum absolute atomic E-state index is 0.0549. The van der Waals surface area contributed by atoms with Gasteiger partial charge in [-0.3, -0.25) is 0 Å². The zero-order valence-electron chi connectivity index (χ0n) is 14.5. The van der Waals surface area contributed by atoms with E-state index in [0.717, 1.165) is 6.26 Å².